The second-order valence-corrected chi connectivity index (χ2v) is 7.42. The Morgan fingerprint density at radius 1 is 1.45 bits per heavy atom. The van der Waals surface area contributed by atoms with E-state index in [9.17, 15) is 13.2 Å². The summed E-state index contributed by atoms with van der Waals surface area (Å²) in [6.07, 6.45) is 3.92. The molecule has 6 nitrogen and oxygen atoms in total. The van der Waals surface area contributed by atoms with Crippen molar-refractivity contribution in [1.29, 1.82) is 0 Å². The highest BCUT2D eigenvalue weighted by Crippen LogP contribution is 2.21. The number of rotatable bonds is 4. The lowest BCUT2D eigenvalue weighted by atomic mass is 10.2. The fourth-order valence-electron chi connectivity index (χ4n) is 2.44. The molecule has 1 unspecified atom stereocenters. The highest BCUT2D eigenvalue weighted by Gasteiger charge is 2.27. The molecule has 1 fully saturated rings. The van der Waals surface area contributed by atoms with Crippen LogP contribution in [0, 0.1) is 0 Å². The summed E-state index contributed by atoms with van der Waals surface area (Å²) < 4.78 is 24.3. The van der Waals surface area contributed by atoms with E-state index in [4.69, 9.17) is 10.7 Å². The van der Waals surface area contributed by atoms with E-state index in [0.29, 0.717) is 12.2 Å². The Balaban J connectivity index is 2.31. The molecule has 1 aromatic heterocycles. The van der Waals surface area contributed by atoms with Crippen LogP contribution in [0.15, 0.2) is 11.2 Å². The third-order valence-electron chi connectivity index (χ3n) is 3.55. The molecule has 1 amide bonds. The monoisotopic (exact) mass is 319 g/mol. The summed E-state index contributed by atoms with van der Waals surface area (Å²) >= 11 is 0. The van der Waals surface area contributed by atoms with Gasteiger partial charge in [0.2, 0.25) is 5.91 Å². The quantitative estimate of drug-likeness (QED) is 0.789. The summed E-state index contributed by atoms with van der Waals surface area (Å²) in [5, 5.41) is -0.197. The lowest BCUT2D eigenvalue weighted by molar-refractivity contribution is -0.133. The Kier molecular flexibility index (Phi) is 4.39. The number of aryl methyl sites for hydroxylation is 1. The summed E-state index contributed by atoms with van der Waals surface area (Å²) in [7, 11) is 1.44. The van der Waals surface area contributed by atoms with E-state index in [1.54, 1.807) is 16.4 Å². The molecule has 0 N–H and O–H groups in total. The maximum absolute atomic E-state index is 12.4. The SMILES string of the molecule is CCc1nc(S(=O)(=O)Cl)cn1C(C)C(=O)N1CCCC1. The van der Waals surface area contributed by atoms with E-state index in [0.717, 1.165) is 25.9 Å². The maximum atomic E-state index is 12.4. The fraction of sp³-hybridized carbons (Fsp3) is 0.667. The van der Waals surface area contributed by atoms with Crippen LogP contribution in [0.4, 0.5) is 0 Å². The highest BCUT2D eigenvalue weighted by molar-refractivity contribution is 8.13. The van der Waals surface area contributed by atoms with Gasteiger partial charge in [-0.1, -0.05) is 6.92 Å². The summed E-state index contributed by atoms with van der Waals surface area (Å²) in [6.45, 7) is 5.14. The maximum Gasteiger partial charge on any atom is 0.280 e. The number of carbonyl (C=O) groups is 1. The van der Waals surface area contributed by atoms with Gasteiger partial charge in [-0.25, -0.2) is 13.4 Å². The number of halogens is 1. The van der Waals surface area contributed by atoms with Gasteiger partial charge in [0, 0.05) is 36.4 Å². The molecule has 0 spiro atoms. The van der Waals surface area contributed by atoms with Crippen LogP contribution in [-0.2, 0) is 20.3 Å². The van der Waals surface area contributed by atoms with E-state index in [1.807, 2.05) is 6.92 Å². The van der Waals surface area contributed by atoms with E-state index >= 15 is 0 Å². The fourth-order valence-corrected chi connectivity index (χ4v) is 3.12. The topological polar surface area (TPSA) is 72.3 Å². The van der Waals surface area contributed by atoms with Crippen LogP contribution in [-0.4, -0.2) is 41.9 Å². The number of aromatic nitrogens is 2. The molecule has 1 aliphatic heterocycles. The molecule has 0 aliphatic carbocycles. The first kappa shape index (κ1) is 15.3. The normalized spacial score (nSPS) is 17.4. The Hall–Kier alpha value is -1.08. The van der Waals surface area contributed by atoms with Crippen LogP contribution in [0.1, 0.15) is 38.6 Å². The van der Waals surface area contributed by atoms with Crippen molar-refractivity contribution in [1.82, 2.24) is 14.5 Å². The summed E-state index contributed by atoms with van der Waals surface area (Å²) in [4.78, 5) is 18.2. The highest BCUT2D eigenvalue weighted by atomic mass is 35.7. The van der Waals surface area contributed by atoms with Gasteiger partial charge in [-0.15, -0.1) is 0 Å². The van der Waals surface area contributed by atoms with Crippen molar-refractivity contribution < 1.29 is 13.2 Å². The zero-order valence-electron chi connectivity index (χ0n) is 11.5. The Bertz CT molecular complexity index is 605. The molecule has 0 bridgehead atoms. The molecule has 20 heavy (non-hydrogen) atoms. The van der Waals surface area contributed by atoms with Gasteiger partial charge in [0.25, 0.3) is 9.05 Å². The summed E-state index contributed by atoms with van der Waals surface area (Å²) in [6, 6.07) is -0.470. The van der Waals surface area contributed by atoms with Crippen LogP contribution in [0.3, 0.4) is 0 Å². The molecular formula is C12H18ClN3O3S. The predicted octanol–water partition coefficient (Wildman–Crippen LogP) is 1.56. The van der Waals surface area contributed by atoms with Gasteiger partial charge in [0.15, 0.2) is 5.03 Å². The molecule has 1 saturated heterocycles. The number of amides is 1. The number of nitrogens with zero attached hydrogens (tertiary/aromatic N) is 3. The van der Waals surface area contributed by atoms with Crippen molar-refractivity contribution in [2.75, 3.05) is 13.1 Å². The molecule has 2 heterocycles. The van der Waals surface area contributed by atoms with Crippen molar-refractivity contribution in [3.63, 3.8) is 0 Å². The Labute approximate surface area is 123 Å². The zero-order chi connectivity index (χ0) is 14.9. The Morgan fingerprint density at radius 2 is 2.05 bits per heavy atom. The van der Waals surface area contributed by atoms with E-state index in [2.05, 4.69) is 4.98 Å². The van der Waals surface area contributed by atoms with Crippen molar-refractivity contribution >= 4 is 25.6 Å². The molecule has 2 rings (SSSR count). The number of carbonyl (C=O) groups excluding carboxylic acids is 1. The van der Waals surface area contributed by atoms with Gasteiger partial charge < -0.3 is 9.47 Å². The molecule has 1 aromatic rings. The Morgan fingerprint density at radius 3 is 2.55 bits per heavy atom. The number of likely N-dealkylation sites (tertiary alicyclic amines) is 1. The molecular weight excluding hydrogens is 302 g/mol. The van der Waals surface area contributed by atoms with E-state index < -0.39 is 15.1 Å². The third-order valence-corrected chi connectivity index (χ3v) is 4.72. The molecule has 1 aliphatic rings. The van der Waals surface area contributed by atoms with Gasteiger partial charge in [0.1, 0.15) is 11.9 Å². The van der Waals surface area contributed by atoms with Crippen molar-refractivity contribution in [2.24, 2.45) is 0 Å². The summed E-state index contributed by atoms with van der Waals surface area (Å²) in [5.74, 6) is 0.539. The lowest BCUT2D eigenvalue weighted by Gasteiger charge is -2.22. The predicted molar refractivity (Wildman–Crippen MR) is 75.2 cm³/mol. The molecule has 1 atom stereocenters. The summed E-state index contributed by atoms with van der Waals surface area (Å²) in [5.41, 5.74) is 0. The van der Waals surface area contributed by atoms with Gasteiger partial charge >= 0.3 is 0 Å². The molecule has 0 aromatic carbocycles. The lowest BCUT2D eigenvalue weighted by Crippen LogP contribution is -2.34. The second-order valence-electron chi connectivity index (χ2n) is 4.90. The smallest absolute Gasteiger partial charge is 0.280 e. The average Bonchev–Trinajstić information content (AvgIpc) is 3.04. The van der Waals surface area contributed by atoms with Crippen LogP contribution >= 0.6 is 10.7 Å². The van der Waals surface area contributed by atoms with Gasteiger partial charge in [-0.3, -0.25) is 4.79 Å². The second kappa shape index (κ2) is 5.73. The van der Waals surface area contributed by atoms with Gasteiger partial charge in [0.05, 0.1) is 0 Å². The number of imidazole rings is 1. The molecule has 8 heteroatoms. The van der Waals surface area contributed by atoms with Crippen LogP contribution in [0.25, 0.3) is 0 Å². The third kappa shape index (κ3) is 2.98. The number of hydrogen-bond acceptors (Lipinski definition) is 4. The van der Waals surface area contributed by atoms with Gasteiger partial charge in [-0.05, 0) is 19.8 Å². The molecule has 0 saturated carbocycles. The molecule has 0 radical (unpaired) electrons. The first-order valence-corrected chi connectivity index (χ1v) is 8.96. The van der Waals surface area contributed by atoms with Crippen molar-refractivity contribution in [2.45, 2.75) is 44.2 Å². The van der Waals surface area contributed by atoms with Crippen LogP contribution in [0.2, 0.25) is 0 Å². The first-order chi connectivity index (χ1) is 9.34. The minimum absolute atomic E-state index is 0.00637. The zero-order valence-corrected chi connectivity index (χ0v) is 13.1. The standard InChI is InChI=1S/C12H18ClN3O3S/c1-3-10-14-11(20(13,18)19)8-16(10)9(2)12(17)15-6-4-5-7-15/h8-9H,3-7H2,1-2H3. The van der Waals surface area contributed by atoms with Crippen LogP contribution in [0.5, 0.6) is 0 Å². The average molecular weight is 320 g/mol. The molecule has 112 valence electrons. The van der Waals surface area contributed by atoms with Crippen LogP contribution < -0.4 is 0 Å². The first-order valence-electron chi connectivity index (χ1n) is 6.65. The van der Waals surface area contributed by atoms with Crippen molar-refractivity contribution in [3.05, 3.63) is 12.0 Å². The minimum Gasteiger partial charge on any atom is -0.341 e. The number of hydrogen-bond donors (Lipinski definition) is 0. The van der Waals surface area contributed by atoms with Crippen molar-refractivity contribution in [3.8, 4) is 0 Å². The van der Waals surface area contributed by atoms with E-state index in [-0.39, 0.29) is 10.9 Å². The largest absolute Gasteiger partial charge is 0.341 e. The van der Waals surface area contributed by atoms with Gasteiger partial charge in [-0.2, -0.15) is 0 Å². The minimum atomic E-state index is -3.88. The van der Waals surface area contributed by atoms with E-state index in [1.165, 1.54) is 6.20 Å².